The maximum Gasteiger partial charge on any atom is 0.161 e. The topological polar surface area (TPSA) is 44.8 Å². The fourth-order valence-corrected chi connectivity index (χ4v) is 2.53. The highest BCUT2D eigenvalue weighted by Crippen LogP contribution is 2.29. The average molecular weight is 342 g/mol. The Morgan fingerprint density at radius 2 is 1.64 bits per heavy atom. The van der Waals surface area contributed by atoms with Crippen LogP contribution in [-0.4, -0.2) is 26.1 Å². The van der Waals surface area contributed by atoms with E-state index in [9.17, 15) is 4.79 Å². The molecule has 0 amide bonds. The van der Waals surface area contributed by atoms with Crippen LogP contribution in [0.3, 0.4) is 0 Å². The number of hydrogen-bond acceptors (Lipinski definition) is 4. The lowest BCUT2D eigenvalue weighted by Crippen LogP contribution is -2.11. The van der Waals surface area contributed by atoms with Gasteiger partial charge in [-0.2, -0.15) is 0 Å². The standard InChI is InChI=1S/C21H26O4/c1-5-23-21-13-17(14-22)7-9-19(21)24-10-11-25-20-12-16(4)6-8-18(20)15(2)3/h6-9,12-15H,5,10-11H2,1-4H3. The Kier molecular flexibility index (Phi) is 6.87. The fourth-order valence-electron chi connectivity index (χ4n) is 2.53. The quantitative estimate of drug-likeness (QED) is 0.485. The van der Waals surface area contributed by atoms with Crippen molar-refractivity contribution in [3.8, 4) is 17.2 Å². The molecule has 0 saturated carbocycles. The largest absolute Gasteiger partial charge is 0.490 e. The molecule has 0 radical (unpaired) electrons. The second kappa shape index (κ2) is 9.11. The van der Waals surface area contributed by atoms with Gasteiger partial charge in [-0.1, -0.05) is 26.0 Å². The number of hydrogen-bond donors (Lipinski definition) is 0. The average Bonchev–Trinajstić information content (AvgIpc) is 2.59. The Hall–Kier alpha value is -2.49. The Morgan fingerprint density at radius 1 is 0.920 bits per heavy atom. The number of benzene rings is 2. The minimum atomic E-state index is 0.395. The van der Waals surface area contributed by atoms with Crippen molar-refractivity contribution in [3.05, 3.63) is 53.1 Å². The van der Waals surface area contributed by atoms with Crippen LogP contribution in [0.2, 0.25) is 0 Å². The van der Waals surface area contributed by atoms with Crippen molar-refractivity contribution in [1.82, 2.24) is 0 Å². The summed E-state index contributed by atoms with van der Waals surface area (Å²) < 4.78 is 17.2. The normalized spacial score (nSPS) is 10.6. The molecular formula is C21H26O4. The number of rotatable bonds is 9. The van der Waals surface area contributed by atoms with E-state index in [1.54, 1.807) is 18.2 Å². The molecule has 134 valence electrons. The van der Waals surface area contributed by atoms with Crippen LogP contribution in [-0.2, 0) is 0 Å². The molecule has 0 N–H and O–H groups in total. The van der Waals surface area contributed by atoms with Crippen LogP contribution >= 0.6 is 0 Å². The van der Waals surface area contributed by atoms with Gasteiger partial charge in [0.25, 0.3) is 0 Å². The zero-order valence-electron chi connectivity index (χ0n) is 15.4. The first-order valence-corrected chi connectivity index (χ1v) is 8.63. The maximum atomic E-state index is 10.9. The molecule has 0 atom stereocenters. The molecule has 2 rings (SSSR count). The molecule has 0 saturated heterocycles. The number of aryl methyl sites for hydroxylation is 1. The summed E-state index contributed by atoms with van der Waals surface area (Å²) in [5.41, 5.74) is 2.92. The number of aldehydes is 1. The third kappa shape index (κ3) is 5.24. The molecule has 0 heterocycles. The van der Waals surface area contributed by atoms with Crippen molar-refractivity contribution >= 4 is 6.29 Å². The zero-order valence-corrected chi connectivity index (χ0v) is 15.4. The molecule has 0 bridgehead atoms. The van der Waals surface area contributed by atoms with Gasteiger partial charge in [0.15, 0.2) is 11.5 Å². The van der Waals surface area contributed by atoms with Gasteiger partial charge in [0.2, 0.25) is 0 Å². The Bertz CT molecular complexity index is 707. The van der Waals surface area contributed by atoms with E-state index in [2.05, 4.69) is 39.0 Å². The van der Waals surface area contributed by atoms with E-state index in [0.29, 0.717) is 42.8 Å². The molecule has 25 heavy (non-hydrogen) atoms. The van der Waals surface area contributed by atoms with Gasteiger partial charge < -0.3 is 14.2 Å². The van der Waals surface area contributed by atoms with Gasteiger partial charge in [0.1, 0.15) is 25.2 Å². The van der Waals surface area contributed by atoms with Crippen LogP contribution in [0.4, 0.5) is 0 Å². The van der Waals surface area contributed by atoms with Crippen LogP contribution in [0.25, 0.3) is 0 Å². The van der Waals surface area contributed by atoms with Gasteiger partial charge in [-0.3, -0.25) is 4.79 Å². The second-order valence-corrected chi connectivity index (χ2v) is 6.15. The second-order valence-electron chi connectivity index (χ2n) is 6.15. The highest BCUT2D eigenvalue weighted by molar-refractivity contribution is 5.76. The summed E-state index contributed by atoms with van der Waals surface area (Å²) in [6.07, 6.45) is 0.792. The Morgan fingerprint density at radius 3 is 2.28 bits per heavy atom. The zero-order chi connectivity index (χ0) is 18.2. The lowest BCUT2D eigenvalue weighted by Gasteiger charge is -2.16. The van der Waals surface area contributed by atoms with Crippen LogP contribution < -0.4 is 14.2 Å². The highest BCUT2D eigenvalue weighted by atomic mass is 16.5. The van der Waals surface area contributed by atoms with Crippen molar-refractivity contribution in [2.45, 2.75) is 33.6 Å². The number of carbonyl (C=O) groups is 1. The van der Waals surface area contributed by atoms with E-state index in [-0.39, 0.29) is 0 Å². The predicted molar refractivity (Wildman–Crippen MR) is 99.3 cm³/mol. The summed E-state index contributed by atoms with van der Waals surface area (Å²) in [5.74, 6) is 2.49. The molecule has 0 aliphatic heterocycles. The summed E-state index contributed by atoms with van der Waals surface area (Å²) in [5, 5.41) is 0. The molecule has 4 heteroatoms. The first-order chi connectivity index (χ1) is 12.0. The maximum absolute atomic E-state index is 10.9. The minimum Gasteiger partial charge on any atom is -0.490 e. The van der Waals surface area contributed by atoms with Crippen molar-refractivity contribution in [2.75, 3.05) is 19.8 Å². The van der Waals surface area contributed by atoms with Gasteiger partial charge in [0.05, 0.1) is 6.61 Å². The van der Waals surface area contributed by atoms with E-state index < -0.39 is 0 Å². The highest BCUT2D eigenvalue weighted by Gasteiger charge is 2.09. The van der Waals surface area contributed by atoms with Crippen LogP contribution in [0.15, 0.2) is 36.4 Å². The molecule has 4 nitrogen and oxygen atoms in total. The molecule has 2 aromatic carbocycles. The third-order valence-electron chi connectivity index (χ3n) is 3.79. The van der Waals surface area contributed by atoms with Gasteiger partial charge in [0, 0.05) is 5.56 Å². The van der Waals surface area contributed by atoms with E-state index in [1.165, 1.54) is 11.1 Å². The predicted octanol–water partition coefficient (Wildman–Crippen LogP) is 4.79. The van der Waals surface area contributed by atoms with E-state index in [1.807, 2.05) is 6.92 Å². The molecule has 0 aliphatic rings. The first kappa shape index (κ1) is 18.8. The molecule has 0 unspecified atom stereocenters. The number of ether oxygens (including phenoxy) is 3. The molecule has 0 aromatic heterocycles. The van der Waals surface area contributed by atoms with E-state index in [0.717, 1.165) is 12.0 Å². The van der Waals surface area contributed by atoms with Crippen LogP contribution in [0.5, 0.6) is 17.2 Å². The van der Waals surface area contributed by atoms with Crippen LogP contribution in [0.1, 0.15) is 48.2 Å². The fraction of sp³-hybridized carbons (Fsp3) is 0.381. The molecule has 0 spiro atoms. The summed E-state index contributed by atoms with van der Waals surface area (Å²) >= 11 is 0. The first-order valence-electron chi connectivity index (χ1n) is 8.63. The van der Waals surface area contributed by atoms with Crippen LogP contribution in [0, 0.1) is 6.92 Å². The minimum absolute atomic E-state index is 0.395. The monoisotopic (exact) mass is 342 g/mol. The van der Waals surface area contributed by atoms with E-state index >= 15 is 0 Å². The molecule has 0 fully saturated rings. The Balaban J connectivity index is 1.98. The van der Waals surface area contributed by atoms with Crippen molar-refractivity contribution in [1.29, 1.82) is 0 Å². The molecular weight excluding hydrogens is 316 g/mol. The van der Waals surface area contributed by atoms with Gasteiger partial charge in [-0.05, 0) is 55.2 Å². The summed E-state index contributed by atoms with van der Waals surface area (Å²) in [6, 6.07) is 11.4. The van der Waals surface area contributed by atoms with Gasteiger partial charge in [-0.25, -0.2) is 0 Å². The van der Waals surface area contributed by atoms with E-state index in [4.69, 9.17) is 14.2 Å². The summed E-state index contributed by atoms with van der Waals surface area (Å²) in [7, 11) is 0. The van der Waals surface area contributed by atoms with Crippen molar-refractivity contribution in [3.63, 3.8) is 0 Å². The smallest absolute Gasteiger partial charge is 0.161 e. The molecule has 2 aromatic rings. The summed E-state index contributed by atoms with van der Waals surface area (Å²) in [6.45, 7) is 9.59. The lowest BCUT2D eigenvalue weighted by molar-refractivity contribution is 0.112. The summed E-state index contributed by atoms with van der Waals surface area (Å²) in [4.78, 5) is 10.9. The van der Waals surface area contributed by atoms with Crippen molar-refractivity contribution in [2.24, 2.45) is 0 Å². The van der Waals surface area contributed by atoms with Gasteiger partial charge in [-0.15, -0.1) is 0 Å². The Labute approximate surface area is 149 Å². The van der Waals surface area contributed by atoms with Crippen molar-refractivity contribution < 1.29 is 19.0 Å². The lowest BCUT2D eigenvalue weighted by atomic mass is 10.0. The SMILES string of the molecule is CCOc1cc(C=O)ccc1OCCOc1cc(C)ccc1C(C)C. The molecule has 0 aliphatic carbocycles. The van der Waals surface area contributed by atoms with Gasteiger partial charge >= 0.3 is 0 Å². The third-order valence-corrected chi connectivity index (χ3v) is 3.79. The number of carbonyl (C=O) groups excluding carboxylic acids is 1.